The van der Waals surface area contributed by atoms with Gasteiger partial charge in [0, 0.05) is 30.3 Å². The highest BCUT2D eigenvalue weighted by Crippen LogP contribution is 2.31. The van der Waals surface area contributed by atoms with Crippen LogP contribution in [0.2, 0.25) is 0 Å². The van der Waals surface area contributed by atoms with E-state index in [2.05, 4.69) is 63.6 Å². The maximum absolute atomic E-state index is 4.91. The minimum Gasteiger partial charge on any atom is -0.351 e. The summed E-state index contributed by atoms with van der Waals surface area (Å²) in [6.07, 6.45) is 5.20. The highest BCUT2D eigenvalue weighted by Gasteiger charge is 2.28. The fourth-order valence-corrected chi connectivity index (χ4v) is 4.49. The van der Waals surface area contributed by atoms with Crippen LogP contribution in [0.5, 0.6) is 0 Å². The second kappa shape index (κ2) is 7.55. The number of anilines is 1. The van der Waals surface area contributed by atoms with Crippen molar-refractivity contribution in [2.75, 3.05) is 4.90 Å². The van der Waals surface area contributed by atoms with Crippen LogP contribution in [-0.4, -0.2) is 41.8 Å². The number of aryl methyl sites for hydroxylation is 1. The lowest BCUT2D eigenvalue weighted by molar-refractivity contribution is 0.683. The first kappa shape index (κ1) is 18.8. The smallest absolute Gasteiger partial charge is 0.150 e. The number of pyridine rings is 1. The molecule has 4 heterocycles. The first-order chi connectivity index (χ1) is 14.6. The molecule has 0 aliphatic carbocycles. The first-order valence-electron chi connectivity index (χ1n) is 10.7. The number of benzene rings is 1. The molecular formula is C23H27N7. The SMILES string of the molecule is CCc1n[nH]c(Cn2c(-c3ccc(N4[C@@H](C)CC[C@@H]4C)nc3)nc3ccccc32)n1. The molecule has 0 bridgehead atoms. The van der Waals surface area contributed by atoms with E-state index >= 15 is 0 Å². The largest absolute Gasteiger partial charge is 0.351 e. The summed E-state index contributed by atoms with van der Waals surface area (Å²) in [6.45, 7) is 7.20. The van der Waals surface area contributed by atoms with E-state index in [-0.39, 0.29) is 0 Å². The van der Waals surface area contributed by atoms with Crippen LogP contribution < -0.4 is 4.90 Å². The van der Waals surface area contributed by atoms with Crippen LogP contribution in [0.4, 0.5) is 5.82 Å². The number of para-hydroxylation sites is 2. The molecular weight excluding hydrogens is 374 g/mol. The predicted octanol–water partition coefficient (Wildman–Crippen LogP) is 4.20. The molecule has 154 valence electrons. The predicted molar refractivity (Wildman–Crippen MR) is 118 cm³/mol. The van der Waals surface area contributed by atoms with Gasteiger partial charge in [-0.05, 0) is 51.0 Å². The van der Waals surface area contributed by atoms with E-state index in [1.54, 1.807) is 0 Å². The van der Waals surface area contributed by atoms with Gasteiger partial charge in [-0.2, -0.15) is 5.10 Å². The average molecular weight is 402 g/mol. The normalized spacial score (nSPS) is 19.1. The number of H-pyrrole nitrogens is 1. The molecule has 0 amide bonds. The maximum atomic E-state index is 4.91. The minimum atomic E-state index is 0.530. The van der Waals surface area contributed by atoms with Crippen molar-refractivity contribution in [1.29, 1.82) is 0 Å². The summed E-state index contributed by atoms with van der Waals surface area (Å²) in [5.41, 5.74) is 3.05. The molecule has 1 saturated heterocycles. The number of nitrogens with zero attached hydrogens (tertiary/aromatic N) is 6. The van der Waals surface area contributed by atoms with Gasteiger partial charge in [-0.3, -0.25) is 5.10 Å². The zero-order chi connectivity index (χ0) is 20.7. The molecule has 7 heteroatoms. The van der Waals surface area contributed by atoms with Crippen molar-refractivity contribution in [1.82, 2.24) is 29.7 Å². The molecule has 0 unspecified atom stereocenters. The van der Waals surface area contributed by atoms with Crippen molar-refractivity contribution < 1.29 is 0 Å². The van der Waals surface area contributed by atoms with Crippen LogP contribution in [-0.2, 0) is 13.0 Å². The molecule has 1 aliphatic rings. The van der Waals surface area contributed by atoms with Crippen molar-refractivity contribution in [2.24, 2.45) is 0 Å². The van der Waals surface area contributed by atoms with Gasteiger partial charge in [-0.25, -0.2) is 15.0 Å². The van der Waals surface area contributed by atoms with Gasteiger partial charge in [0.2, 0.25) is 0 Å². The minimum absolute atomic E-state index is 0.530. The number of aromatic nitrogens is 6. The van der Waals surface area contributed by atoms with Gasteiger partial charge in [0.1, 0.15) is 17.5 Å². The number of aromatic amines is 1. The van der Waals surface area contributed by atoms with E-state index in [9.17, 15) is 0 Å². The van der Waals surface area contributed by atoms with Crippen molar-refractivity contribution in [3.8, 4) is 11.4 Å². The Bertz CT molecular complexity index is 1150. The summed E-state index contributed by atoms with van der Waals surface area (Å²) >= 11 is 0. The van der Waals surface area contributed by atoms with Gasteiger partial charge < -0.3 is 9.47 Å². The molecule has 7 nitrogen and oxygen atoms in total. The van der Waals surface area contributed by atoms with Gasteiger partial charge in [-0.1, -0.05) is 19.1 Å². The first-order valence-corrected chi connectivity index (χ1v) is 10.7. The second-order valence-corrected chi connectivity index (χ2v) is 8.15. The quantitative estimate of drug-likeness (QED) is 0.542. The van der Waals surface area contributed by atoms with Gasteiger partial charge in [0.05, 0.1) is 17.6 Å². The summed E-state index contributed by atoms with van der Waals surface area (Å²) in [4.78, 5) is 16.7. The third-order valence-electron chi connectivity index (χ3n) is 6.08. The zero-order valence-electron chi connectivity index (χ0n) is 17.7. The Kier molecular flexibility index (Phi) is 4.73. The molecule has 3 aromatic heterocycles. The molecule has 5 rings (SSSR count). The average Bonchev–Trinajstić information content (AvgIpc) is 3.46. The highest BCUT2D eigenvalue weighted by atomic mass is 15.3. The van der Waals surface area contributed by atoms with Crippen molar-refractivity contribution in [2.45, 2.75) is 58.7 Å². The summed E-state index contributed by atoms with van der Waals surface area (Å²) in [6, 6.07) is 13.5. The Morgan fingerprint density at radius 1 is 1.03 bits per heavy atom. The molecule has 1 fully saturated rings. The fraction of sp³-hybridized carbons (Fsp3) is 0.391. The van der Waals surface area contributed by atoms with Crippen LogP contribution in [0.15, 0.2) is 42.6 Å². The number of rotatable bonds is 5. The molecule has 0 spiro atoms. The Labute approximate surface area is 176 Å². The Hall–Kier alpha value is -3.22. The van der Waals surface area contributed by atoms with Gasteiger partial charge >= 0.3 is 0 Å². The Morgan fingerprint density at radius 3 is 2.53 bits per heavy atom. The van der Waals surface area contributed by atoms with E-state index in [0.29, 0.717) is 18.6 Å². The fourth-order valence-electron chi connectivity index (χ4n) is 4.49. The summed E-state index contributed by atoms with van der Waals surface area (Å²) in [5.74, 6) is 3.60. The number of imidazole rings is 1. The second-order valence-electron chi connectivity index (χ2n) is 8.15. The molecule has 2 atom stereocenters. The van der Waals surface area contributed by atoms with Crippen molar-refractivity contribution in [3.63, 3.8) is 0 Å². The number of nitrogens with one attached hydrogen (secondary N) is 1. The number of fused-ring (bicyclic) bond motifs is 1. The van der Waals surface area contributed by atoms with Crippen LogP contribution in [0, 0.1) is 0 Å². The zero-order valence-corrected chi connectivity index (χ0v) is 17.7. The lowest BCUT2D eigenvalue weighted by Crippen LogP contribution is -2.33. The molecule has 30 heavy (non-hydrogen) atoms. The van der Waals surface area contributed by atoms with Gasteiger partial charge in [0.15, 0.2) is 5.82 Å². The summed E-state index contributed by atoms with van der Waals surface area (Å²) in [5, 5.41) is 7.34. The maximum Gasteiger partial charge on any atom is 0.150 e. The molecule has 1 aliphatic heterocycles. The Balaban J connectivity index is 1.53. The monoisotopic (exact) mass is 401 g/mol. The number of hydrogen-bond acceptors (Lipinski definition) is 5. The topological polar surface area (TPSA) is 75.5 Å². The van der Waals surface area contributed by atoms with E-state index < -0.39 is 0 Å². The number of hydrogen-bond donors (Lipinski definition) is 1. The summed E-state index contributed by atoms with van der Waals surface area (Å²) < 4.78 is 2.19. The van der Waals surface area contributed by atoms with Gasteiger partial charge in [0.25, 0.3) is 0 Å². The van der Waals surface area contributed by atoms with E-state index in [1.807, 2.05) is 24.4 Å². The molecule has 1 N–H and O–H groups in total. The van der Waals surface area contributed by atoms with E-state index in [0.717, 1.165) is 46.3 Å². The lowest BCUT2D eigenvalue weighted by Gasteiger charge is -2.27. The van der Waals surface area contributed by atoms with Crippen molar-refractivity contribution in [3.05, 3.63) is 54.2 Å². The molecule has 0 radical (unpaired) electrons. The van der Waals surface area contributed by atoms with Gasteiger partial charge in [-0.15, -0.1) is 0 Å². The standard InChI is InChI=1S/C23H27N7/c1-4-20-26-21(28-27-20)14-29-19-8-6-5-7-18(19)25-23(29)17-11-12-22(24-13-17)30-15(2)9-10-16(30)3/h5-8,11-13,15-16H,4,9-10,14H2,1-3H3,(H,26,27,28)/t15-,16-/m0/s1. The molecule has 0 saturated carbocycles. The van der Waals surface area contributed by atoms with Crippen LogP contribution >= 0.6 is 0 Å². The van der Waals surface area contributed by atoms with E-state index in [4.69, 9.17) is 9.97 Å². The molecule has 4 aromatic rings. The van der Waals surface area contributed by atoms with Crippen LogP contribution in [0.25, 0.3) is 22.4 Å². The van der Waals surface area contributed by atoms with E-state index in [1.165, 1.54) is 12.8 Å². The van der Waals surface area contributed by atoms with Crippen molar-refractivity contribution >= 4 is 16.9 Å². The highest BCUT2D eigenvalue weighted by molar-refractivity contribution is 5.80. The van der Waals surface area contributed by atoms with Crippen LogP contribution in [0.1, 0.15) is 45.3 Å². The summed E-state index contributed by atoms with van der Waals surface area (Å²) in [7, 11) is 0. The Morgan fingerprint density at radius 2 is 1.83 bits per heavy atom. The van der Waals surface area contributed by atoms with Crippen LogP contribution in [0.3, 0.4) is 0 Å². The third-order valence-corrected chi connectivity index (χ3v) is 6.08. The third kappa shape index (κ3) is 3.24. The lowest BCUT2D eigenvalue weighted by atomic mass is 10.2. The molecule has 1 aromatic carbocycles.